The summed E-state index contributed by atoms with van der Waals surface area (Å²) in [4.78, 5) is 2.23. The summed E-state index contributed by atoms with van der Waals surface area (Å²) in [5.74, 6) is 0. The Labute approximate surface area is 188 Å². The standard InChI is InChI=1S/C24H23Br2NO2/c1-24(2)15-28-23(29-16-24)17-3-9-20(10-4-17)27(21-11-5-18(25)6-12-21)22-13-7-19(26)8-14-22/h3-14,23H,15-16H2,1-2H3. The van der Waals surface area contributed by atoms with Gasteiger partial charge in [0.05, 0.1) is 13.2 Å². The van der Waals surface area contributed by atoms with E-state index in [1.54, 1.807) is 0 Å². The Balaban J connectivity index is 1.64. The third-order valence-corrected chi connectivity index (χ3v) is 5.90. The second-order valence-electron chi connectivity index (χ2n) is 8.00. The molecule has 3 nitrogen and oxygen atoms in total. The lowest BCUT2D eigenvalue weighted by Gasteiger charge is -2.34. The number of ether oxygens (including phenoxy) is 2. The summed E-state index contributed by atoms with van der Waals surface area (Å²) in [6.07, 6.45) is -0.300. The minimum atomic E-state index is -0.300. The molecule has 0 atom stereocenters. The number of hydrogen-bond acceptors (Lipinski definition) is 3. The van der Waals surface area contributed by atoms with Crippen molar-refractivity contribution in [3.05, 3.63) is 87.3 Å². The largest absolute Gasteiger partial charge is 0.348 e. The van der Waals surface area contributed by atoms with E-state index in [4.69, 9.17) is 9.47 Å². The van der Waals surface area contributed by atoms with Crippen LogP contribution in [0.4, 0.5) is 17.1 Å². The van der Waals surface area contributed by atoms with Gasteiger partial charge in [-0.1, -0.05) is 57.8 Å². The highest BCUT2D eigenvalue weighted by molar-refractivity contribution is 9.10. The second-order valence-corrected chi connectivity index (χ2v) is 9.83. The quantitative estimate of drug-likeness (QED) is 0.353. The van der Waals surface area contributed by atoms with Crippen molar-refractivity contribution in [2.24, 2.45) is 5.41 Å². The van der Waals surface area contributed by atoms with E-state index in [0.29, 0.717) is 13.2 Å². The Morgan fingerprint density at radius 3 is 1.48 bits per heavy atom. The van der Waals surface area contributed by atoms with Crippen molar-refractivity contribution >= 4 is 48.9 Å². The zero-order valence-electron chi connectivity index (χ0n) is 16.4. The molecular weight excluding hydrogens is 494 g/mol. The van der Waals surface area contributed by atoms with E-state index in [0.717, 1.165) is 31.6 Å². The van der Waals surface area contributed by atoms with Crippen LogP contribution in [0.2, 0.25) is 0 Å². The van der Waals surface area contributed by atoms with Gasteiger partial charge in [-0.25, -0.2) is 0 Å². The summed E-state index contributed by atoms with van der Waals surface area (Å²) >= 11 is 7.05. The van der Waals surface area contributed by atoms with Crippen molar-refractivity contribution < 1.29 is 9.47 Å². The van der Waals surface area contributed by atoms with Gasteiger partial charge in [0, 0.05) is 37.0 Å². The smallest absolute Gasteiger partial charge is 0.183 e. The maximum atomic E-state index is 5.93. The van der Waals surface area contributed by atoms with Crippen LogP contribution < -0.4 is 4.90 Å². The summed E-state index contributed by atoms with van der Waals surface area (Å²) in [6, 6.07) is 25.1. The average Bonchev–Trinajstić information content (AvgIpc) is 2.72. The van der Waals surface area contributed by atoms with Crippen molar-refractivity contribution in [2.75, 3.05) is 18.1 Å². The van der Waals surface area contributed by atoms with Gasteiger partial charge in [0.15, 0.2) is 6.29 Å². The minimum absolute atomic E-state index is 0.0659. The normalized spacial score (nSPS) is 16.6. The fourth-order valence-corrected chi connectivity index (χ4v) is 3.82. The fraction of sp³-hybridized carbons (Fsp3) is 0.250. The first-order valence-electron chi connectivity index (χ1n) is 9.56. The average molecular weight is 517 g/mol. The Hall–Kier alpha value is -1.66. The molecular formula is C24H23Br2NO2. The van der Waals surface area contributed by atoms with Crippen LogP contribution in [0.5, 0.6) is 0 Å². The van der Waals surface area contributed by atoms with Crippen molar-refractivity contribution in [2.45, 2.75) is 20.1 Å². The molecule has 0 unspecified atom stereocenters. The summed E-state index contributed by atoms with van der Waals surface area (Å²) in [5, 5.41) is 0. The lowest BCUT2D eigenvalue weighted by atomic mass is 9.95. The molecule has 0 spiro atoms. The molecule has 0 amide bonds. The maximum absolute atomic E-state index is 5.93. The molecule has 5 heteroatoms. The van der Waals surface area contributed by atoms with Gasteiger partial charge in [-0.3, -0.25) is 0 Å². The van der Waals surface area contributed by atoms with Gasteiger partial charge in [-0.15, -0.1) is 0 Å². The number of hydrogen-bond donors (Lipinski definition) is 0. The van der Waals surface area contributed by atoms with Crippen molar-refractivity contribution in [3.8, 4) is 0 Å². The number of nitrogens with zero attached hydrogens (tertiary/aromatic N) is 1. The van der Waals surface area contributed by atoms with Crippen LogP contribution in [-0.4, -0.2) is 13.2 Å². The molecule has 0 aliphatic carbocycles. The van der Waals surface area contributed by atoms with Crippen molar-refractivity contribution in [1.29, 1.82) is 0 Å². The predicted molar refractivity (Wildman–Crippen MR) is 125 cm³/mol. The molecule has 0 N–H and O–H groups in total. The minimum Gasteiger partial charge on any atom is -0.348 e. The van der Waals surface area contributed by atoms with Crippen LogP contribution in [0, 0.1) is 5.41 Å². The van der Waals surface area contributed by atoms with Gasteiger partial charge in [0.2, 0.25) is 0 Å². The van der Waals surface area contributed by atoms with Gasteiger partial charge in [0.1, 0.15) is 0 Å². The van der Waals surface area contributed by atoms with Gasteiger partial charge in [-0.2, -0.15) is 0 Å². The lowest BCUT2D eigenvalue weighted by Crippen LogP contribution is -2.33. The van der Waals surface area contributed by atoms with E-state index in [9.17, 15) is 0 Å². The second kappa shape index (κ2) is 8.60. The Morgan fingerprint density at radius 2 is 1.07 bits per heavy atom. The molecule has 1 heterocycles. The maximum Gasteiger partial charge on any atom is 0.183 e. The molecule has 3 aromatic rings. The molecule has 1 aliphatic rings. The Kier molecular flexibility index (Phi) is 6.11. The van der Waals surface area contributed by atoms with Crippen LogP contribution in [0.25, 0.3) is 0 Å². The number of benzene rings is 3. The van der Waals surface area contributed by atoms with E-state index >= 15 is 0 Å². The first-order chi connectivity index (χ1) is 13.9. The highest BCUT2D eigenvalue weighted by Crippen LogP contribution is 2.37. The van der Waals surface area contributed by atoms with Crippen molar-refractivity contribution in [3.63, 3.8) is 0 Å². The van der Waals surface area contributed by atoms with Crippen LogP contribution in [0.15, 0.2) is 81.7 Å². The summed E-state index contributed by atoms with van der Waals surface area (Å²) in [7, 11) is 0. The zero-order chi connectivity index (χ0) is 20.4. The van der Waals surface area contributed by atoms with E-state index in [1.807, 2.05) is 0 Å². The van der Waals surface area contributed by atoms with Crippen LogP contribution in [0.1, 0.15) is 25.7 Å². The van der Waals surface area contributed by atoms with E-state index in [-0.39, 0.29) is 11.7 Å². The molecule has 1 aliphatic heterocycles. The van der Waals surface area contributed by atoms with Gasteiger partial charge < -0.3 is 14.4 Å². The number of anilines is 3. The number of rotatable bonds is 4. The molecule has 150 valence electrons. The molecule has 0 saturated carbocycles. The van der Waals surface area contributed by atoms with Crippen LogP contribution >= 0.6 is 31.9 Å². The molecule has 0 aromatic heterocycles. The topological polar surface area (TPSA) is 21.7 Å². The molecule has 4 rings (SSSR count). The van der Waals surface area contributed by atoms with E-state index in [2.05, 4.69) is 123 Å². The molecule has 0 radical (unpaired) electrons. The predicted octanol–water partition coefficient (Wildman–Crippen LogP) is 7.75. The SMILES string of the molecule is CC1(C)COC(c2ccc(N(c3ccc(Br)cc3)c3ccc(Br)cc3)cc2)OC1. The highest BCUT2D eigenvalue weighted by Gasteiger charge is 2.29. The molecule has 0 bridgehead atoms. The Bertz CT molecular complexity index is 898. The fourth-order valence-electron chi connectivity index (χ4n) is 3.29. The summed E-state index contributed by atoms with van der Waals surface area (Å²) < 4.78 is 14.0. The van der Waals surface area contributed by atoms with Crippen LogP contribution in [0.3, 0.4) is 0 Å². The third-order valence-electron chi connectivity index (χ3n) is 4.84. The van der Waals surface area contributed by atoms with Crippen LogP contribution in [-0.2, 0) is 9.47 Å². The van der Waals surface area contributed by atoms with Gasteiger partial charge in [0.25, 0.3) is 0 Å². The highest BCUT2D eigenvalue weighted by atomic mass is 79.9. The molecule has 29 heavy (non-hydrogen) atoms. The Morgan fingerprint density at radius 1 is 0.690 bits per heavy atom. The van der Waals surface area contributed by atoms with E-state index < -0.39 is 0 Å². The van der Waals surface area contributed by atoms with Gasteiger partial charge in [-0.05, 0) is 60.7 Å². The number of halogens is 2. The monoisotopic (exact) mass is 515 g/mol. The first kappa shape index (κ1) is 20.6. The molecule has 3 aromatic carbocycles. The zero-order valence-corrected chi connectivity index (χ0v) is 19.6. The lowest BCUT2D eigenvalue weighted by molar-refractivity contribution is -0.226. The van der Waals surface area contributed by atoms with Gasteiger partial charge >= 0.3 is 0 Å². The molecule has 1 saturated heterocycles. The van der Waals surface area contributed by atoms with E-state index in [1.165, 1.54) is 0 Å². The summed E-state index contributed by atoms with van der Waals surface area (Å²) in [5.41, 5.74) is 4.37. The summed E-state index contributed by atoms with van der Waals surface area (Å²) in [6.45, 7) is 5.70. The van der Waals surface area contributed by atoms with Crippen molar-refractivity contribution in [1.82, 2.24) is 0 Å². The molecule has 1 fully saturated rings. The first-order valence-corrected chi connectivity index (χ1v) is 11.1. The third kappa shape index (κ3) is 4.92.